The molecule has 46 heavy (non-hydrogen) atoms. The van der Waals surface area contributed by atoms with Crippen molar-refractivity contribution in [1.29, 1.82) is 0 Å². The van der Waals surface area contributed by atoms with Crippen LogP contribution in [-0.4, -0.2) is 119 Å². The molecule has 4 rings (SSSR count). The summed E-state index contributed by atoms with van der Waals surface area (Å²) in [6, 6.07) is 6.97. The molecular weight excluding hydrogens is 602 g/mol. The predicted octanol–water partition coefficient (Wildman–Crippen LogP) is 0.0922. The van der Waals surface area contributed by atoms with Crippen molar-refractivity contribution >= 4 is 28.7 Å². The molecule has 1 aromatic heterocycles. The van der Waals surface area contributed by atoms with Crippen LogP contribution in [-0.2, 0) is 51.5 Å². The summed E-state index contributed by atoms with van der Waals surface area (Å²) in [5.74, 6) is -1.74. The van der Waals surface area contributed by atoms with Crippen LogP contribution in [0, 0.1) is 0 Å². The van der Waals surface area contributed by atoms with Gasteiger partial charge in [0.25, 0.3) is 5.91 Å². The Balaban J connectivity index is 0.00000576. The normalized spacial score (nSPS) is 31.0. The van der Waals surface area contributed by atoms with Crippen LogP contribution in [0.25, 0.3) is 10.9 Å². The van der Waals surface area contributed by atoms with Crippen molar-refractivity contribution in [2.75, 3.05) is 20.3 Å². The molecule has 2 fully saturated rings. The van der Waals surface area contributed by atoms with Gasteiger partial charge in [-0.15, -0.1) is 0 Å². The van der Waals surface area contributed by atoms with E-state index in [4.69, 9.17) is 23.7 Å². The summed E-state index contributed by atoms with van der Waals surface area (Å²) in [6.07, 6.45) is -9.64. The van der Waals surface area contributed by atoms with E-state index in [1.165, 1.54) is 21.0 Å². The summed E-state index contributed by atoms with van der Waals surface area (Å²) in [4.78, 5) is 37.3. The topological polar surface area (TPSA) is 187 Å². The minimum atomic E-state index is -1.70. The Bertz CT molecular complexity index is 1380. The predicted molar refractivity (Wildman–Crippen MR) is 166 cm³/mol. The number of aliphatic hydroxyl groups excluding tert-OH is 3. The van der Waals surface area contributed by atoms with Gasteiger partial charge < -0.3 is 54.2 Å². The SMILES string of the molecule is C.C=C(C)C(=O)OCC1OC(C)C(NC(C)=O)C(OC2OC(C(=O)NCCc3cn(C)c4ccccc34)C(OC)C(O)C2O)C1O. The number of amides is 2. The first-order valence-electron chi connectivity index (χ1n) is 14.8. The molecule has 2 amide bonds. The van der Waals surface area contributed by atoms with Crippen LogP contribution < -0.4 is 10.6 Å². The largest absolute Gasteiger partial charge is 0.459 e. The molecule has 0 radical (unpaired) electrons. The maximum absolute atomic E-state index is 13.3. The molecular formula is C32H47N3O11. The monoisotopic (exact) mass is 649 g/mol. The van der Waals surface area contributed by atoms with Crippen LogP contribution in [0.5, 0.6) is 0 Å². The molecule has 2 aromatic rings. The van der Waals surface area contributed by atoms with Crippen LogP contribution >= 0.6 is 0 Å². The van der Waals surface area contributed by atoms with Gasteiger partial charge in [-0.25, -0.2) is 4.79 Å². The van der Waals surface area contributed by atoms with Gasteiger partial charge in [0.1, 0.15) is 43.2 Å². The number of carbonyl (C=O) groups excluding carboxylic acids is 3. The van der Waals surface area contributed by atoms with Gasteiger partial charge in [-0.05, 0) is 31.9 Å². The summed E-state index contributed by atoms with van der Waals surface area (Å²) in [7, 11) is 3.22. The zero-order valence-electron chi connectivity index (χ0n) is 26.0. The second-order valence-corrected chi connectivity index (χ2v) is 11.5. The number of hydrogen-bond donors (Lipinski definition) is 5. The van der Waals surface area contributed by atoms with Crippen molar-refractivity contribution in [3.63, 3.8) is 0 Å². The van der Waals surface area contributed by atoms with E-state index in [2.05, 4.69) is 17.2 Å². The standard InChI is InChI=1S/C31H43N3O11.CH4/c1-15(2)30(40)42-14-21-23(36)26(22(16(3)43-21)33-17(4)35)44-31-25(38)24(37)27(41-6)28(45-31)29(39)32-12-11-18-13-34(5)20-10-8-7-9-19(18)20;/h7-10,13,16,21-28,31,36-38H,1,11-12,14H2,2-6H3,(H,32,39)(H,33,35);1H4. The van der Waals surface area contributed by atoms with Crippen molar-refractivity contribution in [2.24, 2.45) is 7.05 Å². The summed E-state index contributed by atoms with van der Waals surface area (Å²) >= 11 is 0. The number of nitrogens with one attached hydrogen (secondary N) is 2. The van der Waals surface area contributed by atoms with Gasteiger partial charge >= 0.3 is 5.97 Å². The number of fused-ring (bicyclic) bond motifs is 1. The molecule has 10 unspecified atom stereocenters. The highest BCUT2D eigenvalue weighted by Crippen LogP contribution is 2.30. The number of esters is 1. The Labute approximate surface area is 268 Å². The van der Waals surface area contributed by atoms with Gasteiger partial charge in [0.15, 0.2) is 12.4 Å². The molecule has 2 saturated heterocycles. The van der Waals surface area contributed by atoms with Crippen LogP contribution in [0.1, 0.15) is 33.8 Å². The van der Waals surface area contributed by atoms with E-state index in [1.807, 2.05) is 42.1 Å². The maximum atomic E-state index is 13.3. The second kappa shape index (κ2) is 16.0. The van der Waals surface area contributed by atoms with Crippen molar-refractivity contribution in [3.05, 3.63) is 48.2 Å². The molecule has 2 aliphatic rings. The summed E-state index contributed by atoms with van der Waals surface area (Å²) in [5, 5.41) is 39.6. The van der Waals surface area contributed by atoms with E-state index in [1.54, 1.807) is 6.92 Å². The van der Waals surface area contributed by atoms with E-state index in [0.29, 0.717) is 6.42 Å². The molecule has 256 valence electrons. The maximum Gasteiger partial charge on any atom is 0.333 e. The third kappa shape index (κ3) is 8.12. The first-order chi connectivity index (χ1) is 21.3. The smallest absolute Gasteiger partial charge is 0.333 e. The van der Waals surface area contributed by atoms with E-state index in [-0.39, 0.29) is 26.2 Å². The zero-order valence-corrected chi connectivity index (χ0v) is 26.0. The van der Waals surface area contributed by atoms with Crippen LogP contribution in [0.3, 0.4) is 0 Å². The average molecular weight is 650 g/mol. The number of hydrogen-bond acceptors (Lipinski definition) is 11. The van der Waals surface area contributed by atoms with Gasteiger partial charge in [-0.1, -0.05) is 32.2 Å². The fourth-order valence-corrected chi connectivity index (χ4v) is 5.77. The number of aromatic nitrogens is 1. The fourth-order valence-electron chi connectivity index (χ4n) is 5.77. The van der Waals surface area contributed by atoms with Gasteiger partial charge in [0.05, 0.1) is 12.1 Å². The highest BCUT2D eigenvalue weighted by molar-refractivity contribution is 5.87. The lowest BCUT2D eigenvalue weighted by atomic mass is 9.92. The fraction of sp³-hybridized carbons (Fsp3) is 0.594. The van der Waals surface area contributed by atoms with Gasteiger partial charge in [0.2, 0.25) is 5.91 Å². The summed E-state index contributed by atoms with van der Waals surface area (Å²) in [5.41, 5.74) is 2.25. The lowest BCUT2D eigenvalue weighted by molar-refractivity contribution is -0.325. The lowest BCUT2D eigenvalue weighted by Gasteiger charge is -2.47. The summed E-state index contributed by atoms with van der Waals surface area (Å²) in [6.45, 7) is 7.78. The highest BCUT2D eigenvalue weighted by atomic mass is 16.7. The first kappa shape index (κ1) is 37.1. The van der Waals surface area contributed by atoms with Crippen molar-refractivity contribution in [1.82, 2.24) is 15.2 Å². The van der Waals surface area contributed by atoms with Gasteiger partial charge in [-0.2, -0.15) is 0 Å². The number of nitrogens with zero attached hydrogens (tertiary/aromatic N) is 1. The van der Waals surface area contributed by atoms with Crippen molar-refractivity contribution in [2.45, 2.75) is 95.8 Å². The Kier molecular flexibility index (Phi) is 12.9. The summed E-state index contributed by atoms with van der Waals surface area (Å²) < 4.78 is 30.2. The minimum Gasteiger partial charge on any atom is -0.459 e. The van der Waals surface area contributed by atoms with Crippen LogP contribution in [0.15, 0.2) is 42.6 Å². The van der Waals surface area contributed by atoms with Crippen LogP contribution in [0.4, 0.5) is 0 Å². The van der Waals surface area contributed by atoms with Crippen LogP contribution in [0.2, 0.25) is 0 Å². The second-order valence-electron chi connectivity index (χ2n) is 11.5. The Morgan fingerprint density at radius 1 is 1.04 bits per heavy atom. The number of ether oxygens (including phenoxy) is 5. The lowest BCUT2D eigenvalue weighted by Crippen LogP contribution is -2.68. The molecule has 14 heteroatoms. The first-order valence-corrected chi connectivity index (χ1v) is 14.8. The molecule has 1 aromatic carbocycles. The quantitative estimate of drug-likeness (QED) is 0.164. The van der Waals surface area contributed by atoms with Gasteiger partial charge in [-0.3, -0.25) is 9.59 Å². The molecule has 14 nitrogen and oxygen atoms in total. The minimum absolute atomic E-state index is 0. The average Bonchev–Trinajstić information content (AvgIpc) is 3.32. The van der Waals surface area contributed by atoms with Crippen molar-refractivity contribution < 1.29 is 53.4 Å². The van der Waals surface area contributed by atoms with Crippen molar-refractivity contribution in [3.8, 4) is 0 Å². The van der Waals surface area contributed by atoms with E-state index < -0.39 is 78.9 Å². The number of aryl methyl sites for hydroxylation is 1. The van der Waals surface area contributed by atoms with E-state index in [0.717, 1.165) is 16.5 Å². The Morgan fingerprint density at radius 2 is 1.74 bits per heavy atom. The third-order valence-corrected chi connectivity index (χ3v) is 8.10. The highest BCUT2D eigenvalue weighted by Gasteiger charge is 2.52. The molecule has 0 saturated carbocycles. The Morgan fingerprint density at radius 3 is 2.39 bits per heavy atom. The zero-order chi connectivity index (χ0) is 33.0. The van der Waals surface area contributed by atoms with Gasteiger partial charge in [0, 0.05) is 50.3 Å². The molecule has 2 aliphatic heterocycles. The number of methoxy groups -OCH3 is 1. The van der Waals surface area contributed by atoms with E-state index >= 15 is 0 Å². The Hall–Kier alpha value is -3.37. The molecule has 10 atom stereocenters. The molecule has 3 heterocycles. The number of carbonyl (C=O) groups is 3. The third-order valence-electron chi connectivity index (χ3n) is 8.10. The number of rotatable bonds is 11. The number of benzene rings is 1. The van der Waals surface area contributed by atoms with E-state index in [9.17, 15) is 29.7 Å². The number of para-hydroxylation sites is 1. The molecule has 0 aliphatic carbocycles. The molecule has 5 N–H and O–H groups in total. The molecule has 0 bridgehead atoms. The number of aliphatic hydroxyl groups is 3. The molecule has 0 spiro atoms.